The van der Waals surface area contributed by atoms with Crippen LogP contribution >= 0.6 is 0 Å². The van der Waals surface area contributed by atoms with Crippen molar-refractivity contribution in [2.45, 2.75) is 32.9 Å². The van der Waals surface area contributed by atoms with E-state index in [9.17, 15) is 4.79 Å². The third-order valence-corrected chi connectivity index (χ3v) is 4.32. The van der Waals surface area contributed by atoms with E-state index >= 15 is 0 Å². The molecule has 0 N–H and O–H groups in total. The van der Waals surface area contributed by atoms with Gasteiger partial charge in [-0.1, -0.05) is 55.5 Å². The van der Waals surface area contributed by atoms with Crippen LogP contribution in [-0.2, 0) is 13.1 Å². The van der Waals surface area contributed by atoms with Gasteiger partial charge in [-0.3, -0.25) is 9.78 Å². The van der Waals surface area contributed by atoms with Gasteiger partial charge in [-0.05, 0) is 35.7 Å². The Morgan fingerprint density at radius 3 is 2.42 bits per heavy atom. The monoisotopic (exact) mass is 344 g/mol. The van der Waals surface area contributed by atoms with Crippen LogP contribution in [0, 0.1) is 0 Å². The number of aromatic nitrogens is 1. The van der Waals surface area contributed by atoms with Crippen LogP contribution in [0.1, 0.15) is 41.3 Å². The van der Waals surface area contributed by atoms with Crippen LogP contribution in [0.3, 0.4) is 0 Å². The summed E-state index contributed by atoms with van der Waals surface area (Å²) >= 11 is 0. The topological polar surface area (TPSA) is 33.2 Å². The molecule has 0 saturated heterocycles. The first kappa shape index (κ1) is 17.9. The van der Waals surface area contributed by atoms with Crippen LogP contribution in [-0.4, -0.2) is 10.8 Å². The van der Waals surface area contributed by atoms with Gasteiger partial charge in [0.2, 0.25) is 0 Å². The largest absolute Gasteiger partial charge is 0.363 e. The number of ketones is 1. The lowest BCUT2D eigenvalue weighted by molar-refractivity contribution is 0.0982. The first-order valence-electron chi connectivity index (χ1n) is 9.07. The molecule has 3 heteroatoms. The molecule has 0 unspecified atom stereocenters. The third kappa shape index (κ3) is 4.79. The molecule has 0 bridgehead atoms. The lowest BCUT2D eigenvalue weighted by atomic mass is 10.1. The molecule has 26 heavy (non-hydrogen) atoms. The van der Waals surface area contributed by atoms with Gasteiger partial charge in [-0.2, -0.15) is 0 Å². The number of rotatable bonds is 8. The number of hydrogen-bond acceptors (Lipinski definition) is 3. The summed E-state index contributed by atoms with van der Waals surface area (Å²) in [6.07, 6.45) is 5.14. The summed E-state index contributed by atoms with van der Waals surface area (Å²) in [5, 5.41) is 0. The molecule has 1 aromatic heterocycles. The molecule has 0 fully saturated rings. The zero-order valence-corrected chi connectivity index (χ0v) is 15.1. The van der Waals surface area contributed by atoms with E-state index in [1.165, 1.54) is 5.56 Å². The Balaban J connectivity index is 1.89. The quantitative estimate of drug-likeness (QED) is 0.522. The molecule has 0 aliphatic rings. The van der Waals surface area contributed by atoms with Gasteiger partial charge < -0.3 is 4.90 Å². The highest BCUT2D eigenvalue weighted by Gasteiger charge is 2.12. The Morgan fingerprint density at radius 1 is 0.923 bits per heavy atom. The summed E-state index contributed by atoms with van der Waals surface area (Å²) in [5.74, 6) is 0.204. The Bertz CT molecular complexity index is 790. The molecule has 3 rings (SSSR count). The van der Waals surface area contributed by atoms with Crippen molar-refractivity contribution in [1.29, 1.82) is 0 Å². The summed E-state index contributed by atoms with van der Waals surface area (Å²) in [7, 11) is 0. The van der Waals surface area contributed by atoms with Crippen molar-refractivity contribution in [1.82, 2.24) is 4.98 Å². The zero-order chi connectivity index (χ0) is 18.2. The molecule has 3 aromatic rings. The van der Waals surface area contributed by atoms with Crippen LogP contribution in [0.5, 0.6) is 0 Å². The van der Waals surface area contributed by atoms with Crippen molar-refractivity contribution in [3.8, 4) is 0 Å². The average Bonchev–Trinajstić information content (AvgIpc) is 2.69. The summed E-state index contributed by atoms with van der Waals surface area (Å²) in [6.45, 7) is 3.56. The standard InChI is InChI=1S/C23H24N2O/c1-2-8-23(26)21-12-6-13-22(15-21)25(17-19-9-4-3-5-10-19)18-20-11-7-14-24-16-20/h3-7,9-16H,2,8,17-18H2,1H3. The van der Waals surface area contributed by atoms with E-state index in [1.54, 1.807) is 6.20 Å². The summed E-state index contributed by atoms with van der Waals surface area (Å²) in [6, 6.07) is 22.4. The Labute approximate surface area is 155 Å². The van der Waals surface area contributed by atoms with E-state index in [0.29, 0.717) is 6.42 Å². The first-order valence-corrected chi connectivity index (χ1v) is 9.07. The van der Waals surface area contributed by atoms with E-state index in [4.69, 9.17) is 0 Å². The molecule has 0 amide bonds. The fraction of sp³-hybridized carbons (Fsp3) is 0.217. The highest BCUT2D eigenvalue weighted by Crippen LogP contribution is 2.22. The minimum atomic E-state index is 0.204. The molecular weight excluding hydrogens is 320 g/mol. The second kappa shape index (κ2) is 8.95. The van der Waals surface area contributed by atoms with Crippen LogP contribution in [0.2, 0.25) is 0 Å². The number of carbonyl (C=O) groups is 1. The number of pyridine rings is 1. The second-order valence-corrected chi connectivity index (χ2v) is 6.43. The van der Waals surface area contributed by atoms with E-state index in [1.807, 2.05) is 43.5 Å². The Morgan fingerprint density at radius 2 is 1.69 bits per heavy atom. The Kier molecular flexibility index (Phi) is 6.15. The van der Waals surface area contributed by atoms with Crippen LogP contribution in [0.25, 0.3) is 0 Å². The fourth-order valence-corrected chi connectivity index (χ4v) is 3.00. The molecule has 0 aliphatic heterocycles. The Hall–Kier alpha value is -2.94. The predicted molar refractivity (Wildman–Crippen MR) is 106 cm³/mol. The van der Waals surface area contributed by atoms with Gasteiger partial charge in [0.25, 0.3) is 0 Å². The summed E-state index contributed by atoms with van der Waals surface area (Å²) in [4.78, 5) is 18.8. The van der Waals surface area contributed by atoms with Gasteiger partial charge in [-0.15, -0.1) is 0 Å². The highest BCUT2D eigenvalue weighted by atomic mass is 16.1. The fourth-order valence-electron chi connectivity index (χ4n) is 3.00. The highest BCUT2D eigenvalue weighted by molar-refractivity contribution is 5.96. The molecule has 3 nitrogen and oxygen atoms in total. The normalized spacial score (nSPS) is 10.5. The van der Waals surface area contributed by atoms with Gasteiger partial charge in [0, 0.05) is 43.2 Å². The number of anilines is 1. The van der Waals surface area contributed by atoms with Gasteiger partial charge in [0.05, 0.1) is 0 Å². The SMILES string of the molecule is CCCC(=O)c1cccc(N(Cc2ccccc2)Cc2cccnc2)c1. The number of carbonyl (C=O) groups excluding carboxylic acids is 1. The van der Waals surface area contributed by atoms with Crippen molar-refractivity contribution < 1.29 is 4.79 Å². The second-order valence-electron chi connectivity index (χ2n) is 6.43. The average molecular weight is 344 g/mol. The van der Waals surface area contributed by atoms with E-state index < -0.39 is 0 Å². The molecule has 1 heterocycles. The van der Waals surface area contributed by atoms with Gasteiger partial charge >= 0.3 is 0 Å². The number of benzene rings is 2. The number of nitrogens with zero attached hydrogens (tertiary/aromatic N) is 2. The first-order chi connectivity index (χ1) is 12.8. The zero-order valence-electron chi connectivity index (χ0n) is 15.1. The maximum Gasteiger partial charge on any atom is 0.162 e. The van der Waals surface area contributed by atoms with Gasteiger partial charge in [-0.25, -0.2) is 0 Å². The third-order valence-electron chi connectivity index (χ3n) is 4.32. The molecule has 2 aromatic carbocycles. The molecule has 132 valence electrons. The maximum absolute atomic E-state index is 12.3. The molecule has 0 radical (unpaired) electrons. The molecule has 0 spiro atoms. The van der Waals surface area contributed by atoms with Crippen LogP contribution in [0.15, 0.2) is 79.1 Å². The molecule has 0 saturated carbocycles. The van der Waals surface area contributed by atoms with Gasteiger partial charge in [0.15, 0.2) is 5.78 Å². The van der Waals surface area contributed by atoms with Crippen molar-refractivity contribution >= 4 is 11.5 Å². The van der Waals surface area contributed by atoms with Crippen LogP contribution < -0.4 is 4.90 Å². The van der Waals surface area contributed by atoms with Crippen molar-refractivity contribution in [2.24, 2.45) is 0 Å². The van der Waals surface area contributed by atoms with Gasteiger partial charge in [0.1, 0.15) is 0 Å². The lowest BCUT2D eigenvalue weighted by Gasteiger charge is -2.25. The smallest absolute Gasteiger partial charge is 0.162 e. The van der Waals surface area contributed by atoms with Crippen molar-refractivity contribution in [3.05, 3.63) is 95.8 Å². The lowest BCUT2D eigenvalue weighted by Crippen LogP contribution is -2.22. The molecule has 0 atom stereocenters. The minimum absolute atomic E-state index is 0.204. The van der Waals surface area contributed by atoms with E-state index in [-0.39, 0.29) is 5.78 Å². The summed E-state index contributed by atoms with van der Waals surface area (Å²) in [5.41, 5.74) is 4.23. The predicted octanol–water partition coefficient (Wildman–Crippen LogP) is 5.27. The maximum atomic E-state index is 12.3. The number of Topliss-reactive ketones (excluding diaryl/α,β-unsaturated/α-hetero) is 1. The van der Waals surface area contributed by atoms with E-state index in [2.05, 4.69) is 46.3 Å². The van der Waals surface area contributed by atoms with Crippen molar-refractivity contribution in [3.63, 3.8) is 0 Å². The molecular formula is C23H24N2O. The van der Waals surface area contributed by atoms with Crippen molar-refractivity contribution in [2.75, 3.05) is 4.90 Å². The minimum Gasteiger partial charge on any atom is -0.363 e. The van der Waals surface area contributed by atoms with E-state index in [0.717, 1.165) is 36.3 Å². The summed E-state index contributed by atoms with van der Waals surface area (Å²) < 4.78 is 0. The molecule has 0 aliphatic carbocycles. The van der Waals surface area contributed by atoms with Crippen LogP contribution in [0.4, 0.5) is 5.69 Å². The number of hydrogen-bond donors (Lipinski definition) is 0.